The molecule has 8 nitrogen and oxygen atoms in total. The number of morpholine rings is 1. The van der Waals surface area contributed by atoms with Crippen LogP contribution in [0.2, 0.25) is 0 Å². The summed E-state index contributed by atoms with van der Waals surface area (Å²) in [6.45, 7) is 15.8. The smallest absolute Gasteiger partial charge is 0.246 e. The minimum atomic E-state index is 0. The number of pyridine rings is 1. The number of carbonyl (C=O) groups is 1. The van der Waals surface area contributed by atoms with Gasteiger partial charge in [0.05, 0.1) is 24.5 Å². The molecule has 6 rings (SSSR count). The highest BCUT2D eigenvalue weighted by Gasteiger charge is 2.42. The average Bonchev–Trinajstić information content (AvgIpc) is 3.06. The van der Waals surface area contributed by atoms with E-state index in [1.54, 1.807) is 0 Å². The monoisotopic (exact) mass is 505 g/mol. The molecule has 0 unspecified atom stereocenters. The molecule has 3 fully saturated rings. The van der Waals surface area contributed by atoms with Gasteiger partial charge in [0.25, 0.3) is 0 Å². The quantitative estimate of drug-likeness (QED) is 0.630. The van der Waals surface area contributed by atoms with Crippen LogP contribution < -0.4 is 15.0 Å². The molecule has 4 aliphatic heterocycles. The topological polar surface area (TPSA) is 70.2 Å². The zero-order valence-corrected chi connectivity index (χ0v) is 21.9. The number of hydrogen-bond acceptors (Lipinski definition) is 7. The lowest BCUT2D eigenvalue weighted by atomic mass is 9.70. The van der Waals surface area contributed by atoms with Crippen LogP contribution in [0, 0.1) is 5.41 Å². The van der Waals surface area contributed by atoms with Gasteiger partial charge in [-0.1, -0.05) is 26.5 Å². The van der Waals surface area contributed by atoms with E-state index in [9.17, 15) is 4.79 Å². The van der Waals surface area contributed by atoms with Gasteiger partial charge in [-0.3, -0.25) is 9.69 Å². The number of ether oxygens (including phenoxy) is 2. The molecule has 5 heterocycles. The number of rotatable bonds is 4. The van der Waals surface area contributed by atoms with Gasteiger partial charge in [-0.2, -0.15) is 0 Å². The Labute approximate surface area is 220 Å². The van der Waals surface area contributed by atoms with E-state index in [-0.39, 0.29) is 12.7 Å². The van der Waals surface area contributed by atoms with Crippen molar-refractivity contribution in [1.82, 2.24) is 14.8 Å². The molecule has 37 heavy (non-hydrogen) atoms. The van der Waals surface area contributed by atoms with Crippen molar-refractivity contribution in [3.8, 4) is 5.75 Å². The van der Waals surface area contributed by atoms with Gasteiger partial charge in [0.2, 0.25) is 5.91 Å². The number of carbonyl (C=O) groups excluding carboxylic acids is 1. The van der Waals surface area contributed by atoms with Crippen LogP contribution in [0.4, 0.5) is 17.2 Å². The molecule has 198 valence electrons. The Morgan fingerprint density at radius 1 is 1.22 bits per heavy atom. The number of likely N-dealkylation sites (tertiary alicyclic amines) is 2. The number of amides is 1. The molecule has 0 bridgehead atoms. The molecule has 1 aromatic heterocycles. The van der Waals surface area contributed by atoms with E-state index >= 15 is 0 Å². The number of aromatic nitrogens is 1. The summed E-state index contributed by atoms with van der Waals surface area (Å²) in [4.78, 5) is 23.4. The summed E-state index contributed by atoms with van der Waals surface area (Å²) in [6.07, 6.45) is 4.39. The summed E-state index contributed by atoms with van der Waals surface area (Å²) in [6, 6.07) is 9.16. The lowest BCUT2D eigenvalue weighted by Gasteiger charge is -2.52. The van der Waals surface area contributed by atoms with E-state index in [1.165, 1.54) is 17.3 Å². The summed E-state index contributed by atoms with van der Waals surface area (Å²) in [5.41, 5.74) is 4.70. The Bertz CT molecular complexity index is 1190. The first-order valence-electron chi connectivity index (χ1n) is 13.4. The van der Waals surface area contributed by atoms with Crippen LogP contribution in [0.5, 0.6) is 5.75 Å². The van der Waals surface area contributed by atoms with Crippen molar-refractivity contribution < 1.29 is 15.7 Å². The second-order valence-corrected chi connectivity index (χ2v) is 11.3. The van der Waals surface area contributed by atoms with Crippen molar-refractivity contribution in [3.05, 3.63) is 54.2 Å². The maximum Gasteiger partial charge on any atom is 0.246 e. The van der Waals surface area contributed by atoms with Crippen molar-refractivity contribution in [1.29, 1.82) is 0 Å². The van der Waals surface area contributed by atoms with Gasteiger partial charge in [0.1, 0.15) is 18.2 Å². The van der Waals surface area contributed by atoms with Crippen molar-refractivity contribution in [2.24, 2.45) is 5.41 Å². The van der Waals surface area contributed by atoms with E-state index in [4.69, 9.17) is 9.47 Å². The number of nitrogens with one attached hydrogen (secondary N) is 1. The Hall–Kier alpha value is -3.10. The van der Waals surface area contributed by atoms with Crippen LogP contribution in [0.3, 0.4) is 0 Å². The van der Waals surface area contributed by atoms with Gasteiger partial charge in [-0.05, 0) is 54.1 Å². The van der Waals surface area contributed by atoms with Gasteiger partial charge in [-0.15, -0.1) is 0 Å². The number of anilines is 3. The molecular weight excluding hydrogens is 466 g/mol. The Kier molecular flexibility index (Phi) is 6.32. The number of nitrogens with zero attached hydrogens (tertiary/aromatic N) is 4. The zero-order valence-electron chi connectivity index (χ0n) is 21.9. The molecule has 0 spiro atoms. The Balaban J connectivity index is 0.00000294. The fourth-order valence-corrected chi connectivity index (χ4v) is 6.42. The van der Waals surface area contributed by atoms with Crippen LogP contribution in [0.1, 0.15) is 38.7 Å². The minimum absolute atomic E-state index is 0. The molecule has 4 aliphatic rings. The lowest BCUT2D eigenvalue weighted by molar-refractivity contribution is -0.134. The normalized spacial score (nSPS) is 23.6. The molecule has 1 N–H and O–H groups in total. The fraction of sp³-hybridized carbons (Fsp3) is 0.517. The third kappa shape index (κ3) is 4.57. The number of benzene rings is 1. The molecular formula is C29H39N5O3. The molecule has 3 saturated heterocycles. The highest BCUT2D eigenvalue weighted by Crippen LogP contribution is 2.46. The van der Waals surface area contributed by atoms with Crippen LogP contribution in [0.15, 0.2) is 43.1 Å². The van der Waals surface area contributed by atoms with E-state index in [1.807, 2.05) is 11.1 Å². The van der Waals surface area contributed by atoms with Crippen molar-refractivity contribution in [2.45, 2.75) is 38.8 Å². The Morgan fingerprint density at radius 3 is 2.78 bits per heavy atom. The Morgan fingerprint density at radius 2 is 2.03 bits per heavy atom. The van der Waals surface area contributed by atoms with Crippen molar-refractivity contribution in [2.75, 3.05) is 62.7 Å². The zero-order chi connectivity index (χ0) is 25.6. The highest BCUT2D eigenvalue weighted by atomic mass is 16.5. The van der Waals surface area contributed by atoms with Gasteiger partial charge in [0, 0.05) is 52.1 Å². The molecule has 2 aromatic rings. The van der Waals surface area contributed by atoms with Crippen LogP contribution in [-0.4, -0.2) is 79.2 Å². The third-order valence-corrected chi connectivity index (χ3v) is 8.54. The lowest BCUT2D eigenvalue weighted by Crippen LogP contribution is -2.63. The maximum absolute atomic E-state index is 11.9. The fourth-order valence-electron chi connectivity index (χ4n) is 6.42. The van der Waals surface area contributed by atoms with E-state index in [0.29, 0.717) is 18.6 Å². The van der Waals surface area contributed by atoms with E-state index < -0.39 is 0 Å². The molecule has 1 atom stereocenters. The van der Waals surface area contributed by atoms with Gasteiger partial charge < -0.3 is 24.6 Å². The first-order valence-corrected chi connectivity index (χ1v) is 13.4. The third-order valence-electron chi connectivity index (χ3n) is 8.54. The second-order valence-electron chi connectivity index (χ2n) is 11.3. The van der Waals surface area contributed by atoms with Crippen molar-refractivity contribution in [3.63, 3.8) is 0 Å². The molecule has 0 radical (unpaired) electrons. The predicted molar refractivity (Wildman–Crippen MR) is 147 cm³/mol. The second kappa shape index (κ2) is 9.65. The summed E-state index contributed by atoms with van der Waals surface area (Å²) in [5.74, 6) is 2.22. The van der Waals surface area contributed by atoms with E-state index in [2.05, 4.69) is 64.8 Å². The van der Waals surface area contributed by atoms with Crippen LogP contribution >= 0.6 is 0 Å². The molecule has 0 saturated carbocycles. The number of fused-ring (bicyclic) bond motifs is 2. The molecule has 0 aliphatic carbocycles. The largest absolute Gasteiger partial charge is 0.487 e. The summed E-state index contributed by atoms with van der Waals surface area (Å²) in [7, 11) is 0. The number of piperidine rings is 1. The molecule has 8 heteroatoms. The van der Waals surface area contributed by atoms with Gasteiger partial charge >= 0.3 is 0 Å². The van der Waals surface area contributed by atoms with E-state index in [0.717, 1.165) is 81.7 Å². The first kappa shape index (κ1) is 24.2. The van der Waals surface area contributed by atoms with Crippen LogP contribution in [0.25, 0.3) is 0 Å². The van der Waals surface area contributed by atoms with Crippen molar-refractivity contribution >= 4 is 23.1 Å². The summed E-state index contributed by atoms with van der Waals surface area (Å²) >= 11 is 0. The van der Waals surface area contributed by atoms with Gasteiger partial charge in [-0.25, -0.2) is 4.98 Å². The minimum Gasteiger partial charge on any atom is -0.487 e. The predicted octanol–water partition coefficient (Wildman–Crippen LogP) is 4.01. The molecule has 1 amide bonds. The summed E-state index contributed by atoms with van der Waals surface area (Å²) in [5, 5.41) is 3.61. The maximum atomic E-state index is 11.9. The highest BCUT2D eigenvalue weighted by molar-refractivity contribution is 5.87. The average molecular weight is 506 g/mol. The molecule has 1 aromatic carbocycles. The van der Waals surface area contributed by atoms with Crippen LogP contribution in [-0.2, 0) is 16.1 Å². The SMILES string of the molecule is C=CC(=O)N1CC(N2CC[C@@H](c3ccc4c(c3)Nc3nccc(N5CCOCC5)c3CO4)C(C)(C)C2)C1.[HH]. The van der Waals surface area contributed by atoms with Gasteiger partial charge in [0.15, 0.2) is 0 Å². The standard InChI is InChI=1S/C29H37N5O3.H2/c1-4-27(35)34-16-21(17-34)33-10-8-23(29(2,3)19-33)20-5-6-26-24(15-20)31-28-22(18-37-26)25(7-9-30-28)32-11-13-36-14-12-32;/h4-7,9,15,21,23H,1,8,10-14,16-19H2,2-3H3,(H,30,31);1H/t23-;/m0./s1. The number of hydrogen-bond donors (Lipinski definition) is 1. The first-order chi connectivity index (χ1) is 17.9. The summed E-state index contributed by atoms with van der Waals surface area (Å²) < 4.78 is 11.9.